The molecule has 1 fully saturated rings. The Balaban J connectivity index is 1.76. The van der Waals surface area contributed by atoms with Gasteiger partial charge in [-0.05, 0) is 49.2 Å². The van der Waals surface area contributed by atoms with E-state index in [9.17, 15) is 4.79 Å². The Labute approximate surface area is 156 Å². The van der Waals surface area contributed by atoms with E-state index in [2.05, 4.69) is 20.6 Å². The van der Waals surface area contributed by atoms with Crippen LogP contribution in [-0.4, -0.2) is 31.9 Å². The third-order valence-electron chi connectivity index (χ3n) is 4.58. The predicted molar refractivity (Wildman–Crippen MR) is 99.3 cm³/mol. The largest absolute Gasteiger partial charge is 0.348 e. The zero-order valence-corrected chi connectivity index (χ0v) is 14.9. The molecule has 0 atom stereocenters. The van der Waals surface area contributed by atoms with Gasteiger partial charge in [-0.2, -0.15) is 0 Å². The van der Waals surface area contributed by atoms with E-state index >= 15 is 0 Å². The summed E-state index contributed by atoms with van der Waals surface area (Å²) in [6.07, 6.45) is 7.73. The van der Waals surface area contributed by atoms with Gasteiger partial charge in [0.2, 0.25) is 0 Å². The molecule has 2 aromatic heterocycles. The Morgan fingerprint density at radius 3 is 2.62 bits per heavy atom. The minimum Gasteiger partial charge on any atom is -0.348 e. The molecule has 7 heteroatoms. The number of carbonyl (C=O) groups is 1. The minimum absolute atomic E-state index is 0.198. The molecule has 1 amide bonds. The number of pyridine rings is 1. The average Bonchev–Trinajstić information content (AvgIpc) is 3.32. The molecule has 1 aliphatic carbocycles. The van der Waals surface area contributed by atoms with E-state index in [1.165, 1.54) is 0 Å². The maximum atomic E-state index is 12.8. The number of halogens is 1. The van der Waals surface area contributed by atoms with Gasteiger partial charge in [0.25, 0.3) is 5.91 Å². The van der Waals surface area contributed by atoms with Crippen LogP contribution in [0.15, 0.2) is 48.8 Å². The van der Waals surface area contributed by atoms with Crippen molar-refractivity contribution in [1.82, 2.24) is 25.3 Å². The van der Waals surface area contributed by atoms with Crippen LogP contribution in [0.4, 0.5) is 0 Å². The van der Waals surface area contributed by atoms with E-state index in [1.807, 2.05) is 24.3 Å². The molecule has 0 radical (unpaired) electrons. The highest BCUT2D eigenvalue weighted by Gasteiger charge is 2.25. The van der Waals surface area contributed by atoms with Crippen molar-refractivity contribution in [2.75, 3.05) is 0 Å². The fourth-order valence-corrected chi connectivity index (χ4v) is 3.41. The second-order valence-corrected chi connectivity index (χ2v) is 6.81. The van der Waals surface area contributed by atoms with Crippen LogP contribution in [-0.2, 0) is 0 Å². The summed E-state index contributed by atoms with van der Waals surface area (Å²) >= 11 is 5.99. The molecule has 1 aliphatic rings. The molecule has 0 bridgehead atoms. The molecule has 26 heavy (non-hydrogen) atoms. The second kappa shape index (κ2) is 7.25. The van der Waals surface area contributed by atoms with E-state index in [4.69, 9.17) is 11.6 Å². The Hall–Kier alpha value is -2.73. The topological polar surface area (TPSA) is 72.7 Å². The maximum absolute atomic E-state index is 12.8. The van der Waals surface area contributed by atoms with E-state index in [0.717, 1.165) is 36.9 Å². The third kappa shape index (κ3) is 3.32. The molecule has 1 saturated carbocycles. The predicted octanol–water partition coefficient (Wildman–Crippen LogP) is 3.66. The first kappa shape index (κ1) is 16.7. The standard InChI is InChI=1S/C19H18ClN5O/c20-14-7-9-16(10-8-14)25-18(13-4-3-11-21-12-13)17(23-24-25)19(26)22-15-5-1-2-6-15/h3-4,7-12,15H,1-2,5-6H2,(H,22,26). The highest BCUT2D eigenvalue weighted by atomic mass is 35.5. The molecular weight excluding hydrogens is 350 g/mol. The summed E-state index contributed by atoms with van der Waals surface area (Å²) in [6, 6.07) is 11.2. The minimum atomic E-state index is -0.198. The summed E-state index contributed by atoms with van der Waals surface area (Å²) in [6.45, 7) is 0. The highest BCUT2D eigenvalue weighted by Crippen LogP contribution is 2.26. The fraction of sp³-hybridized carbons (Fsp3) is 0.263. The van der Waals surface area contributed by atoms with Crippen LogP contribution in [0.25, 0.3) is 16.9 Å². The van der Waals surface area contributed by atoms with Crippen molar-refractivity contribution < 1.29 is 4.79 Å². The molecule has 2 heterocycles. The maximum Gasteiger partial charge on any atom is 0.274 e. The number of rotatable bonds is 4. The summed E-state index contributed by atoms with van der Waals surface area (Å²) in [5.41, 5.74) is 2.49. The summed E-state index contributed by atoms with van der Waals surface area (Å²) in [7, 11) is 0. The quantitative estimate of drug-likeness (QED) is 0.763. The molecular formula is C19H18ClN5O. The van der Waals surface area contributed by atoms with Gasteiger partial charge in [0.15, 0.2) is 5.69 Å². The van der Waals surface area contributed by atoms with Gasteiger partial charge in [0, 0.05) is 29.0 Å². The van der Waals surface area contributed by atoms with Gasteiger partial charge in [-0.25, -0.2) is 4.68 Å². The smallest absolute Gasteiger partial charge is 0.274 e. The molecule has 0 saturated heterocycles. The van der Waals surface area contributed by atoms with Crippen molar-refractivity contribution in [1.29, 1.82) is 0 Å². The SMILES string of the molecule is O=C(NC1CCCC1)c1nnn(-c2ccc(Cl)cc2)c1-c1cccnc1. The molecule has 1 aromatic carbocycles. The van der Waals surface area contributed by atoms with Crippen LogP contribution >= 0.6 is 11.6 Å². The number of hydrogen-bond donors (Lipinski definition) is 1. The Kier molecular flexibility index (Phi) is 4.67. The van der Waals surface area contributed by atoms with Crippen LogP contribution in [0.5, 0.6) is 0 Å². The summed E-state index contributed by atoms with van der Waals surface area (Å²) < 4.78 is 1.65. The lowest BCUT2D eigenvalue weighted by atomic mass is 10.1. The fourth-order valence-electron chi connectivity index (χ4n) is 3.28. The van der Waals surface area contributed by atoms with Crippen molar-refractivity contribution in [3.8, 4) is 16.9 Å². The van der Waals surface area contributed by atoms with Gasteiger partial charge in [-0.1, -0.05) is 29.7 Å². The van der Waals surface area contributed by atoms with Crippen LogP contribution in [0, 0.1) is 0 Å². The molecule has 0 aliphatic heterocycles. The second-order valence-electron chi connectivity index (χ2n) is 6.37. The number of nitrogens with one attached hydrogen (secondary N) is 1. The van der Waals surface area contributed by atoms with Crippen LogP contribution in [0.2, 0.25) is 5.02 Å². The lowest BCUT2D eigenvalue weighted by Crippen LogP contribution is -2.33. The summed E-state index contributed by atoms with van der Waals surface area (Å²) in [5, 5.41) is 12.1. The van der Waals surface area contributed by atoms with E-state index in [1.54, 1.807) is 29.2 Å². The van der Waals surface area contributed by atoms with Gasteiger partial charge >= 0.3 is 0 Å². The van der Waals surface area contributed by atoms with Gasteiger partial charge in [0.1, 0.15) is 5.69 Å². The number of carbonyl (C=O) groups excluding carboxylic acids is 1. The van der Waals surface area contributed by atoms with Gasteiger partial charge in [-0.15, -0.1) is 5.10 Å². The van der Waals surface area contributed by atoms with Crippen molar-refractivity contribution >= 4 is 17.5 Å². The first-order valence-electron chi connectivity index (χ1n) is 8.65. The average molecular weight is 368 g/mol. The van der Waals surface area contributed by atoms with Crippen molar-refractivity contribution in [3.05, 3.63) is 59.5 Å². The number of benzene rings is 1. The first-order valence-corrected chi connectivity index (χ1v) is 9.03. The van der Waals surface area contributed by atoms with Crippen LogP contribution < -0.4 is 5.32 Å². The number of hydrogen-bond acceptors (Lipinski definition) is 4. The highest BCUT2D eigenvalue weighted by molar-refractivity contribution is 6.30. The molecule has 3 aromatic rings. The van der Waals surface area contributed by atoms with Gasteiger partial charge < -0.3 is 5.32 Å². The molecule has 1 N–H and O–H groups in total. The molecule has 4 rings (SSSR count). The summed E-state index contributed by atoms with van der Waals surface area (Å²) in [5.74, 6) is -0.198. The Bertz CT molecular complexity index is 901. The number of nitrogens with zero attached hydrogens (tertiary/aromatic N) is 4. The Morgan fingerprint density at radius 2 is 1.92 bits per heavy atom. The van der Waals surface area contributed by atoms with Crippen molar-refractivity contribution in [3.63, 3.8) is 0 Å². The molecule has 132 valence electrons. The first-order chi connectivity index (χ1) is 12.7. The molecule has 6 nitrogen and oxygen atoms in total. The van der Waals surface area contributed by atoms with Crippen molar-refractivity contribution in [2.24, 2.45) is 0 Å². The van der Waals surface area contributed by atoms with E-state index in [-0.39, 0.29) is 11.9 Å². The molecule has 0 unspecified atom stereocenters. The van der Waals surface area contributed by atoms with Crippen molar-refractivity contribution in [2.45, 2.75) is 31.7 Å². The number of aromatic nitrogens is 4. The zero-order valence-electron chi connectivity index (χ0n) is 14.1. The monoisotopic (exact) mass is 367 g/mol. The zero-order chi connectivity index (χ0) is 17.9. The van der Waals surface area contributed by atoms with Gasteiger partial charge in [0.05, 0.1) is 5.69 Å². The van der Waals surface area contributed by atoms with Gasteiger partial charge in [-0.3, -0.25) is 9.78 Å². The third-order valence-corrected chi connectivity index (χ3v) is 4.83. The lowest BCUT2D eigenvalue weighted by Gasteiger charge is -2.12. The van der Waals surface area contributed by atoms with Crippen LogP contribution in [0.1, 0.15) is 36.2 Å². The summed E-state index contributed by atoms with van der Waals surface area (Å²) in [4.78, 5) is 17.0. The normalized spacial score (nSPS) is 14.5. The Morgan fingerprint density at radius 1 is 1.15 bits per heavy atom. The van der Waals surface area contributed by atoms with Crippen LogP contribution in [0.3, 0.4) is 0 Å². The number of amides is 1. The molecule has 0 spiro atoms. The van der Waals surface area contributed by atoms with E-state index < -0.39 is 0 Å². The lowest BCUT2D eigenvalue weighted by molar-refractivity contribution is 0.0933. The van der Waals surface area contributed by atoms with E-state index in [0.29, 0.717) is 16.4 Å².